The van der Waals surface area contributed by atoms with Crippen LogP contribution < -0.4 is 5.73 Å². The van der Waals surface area contributed by atoms with Gasteiger partial charge in [-0.15, -0.1) is 0 Å². The van der Waals surface area contributed by atoms with Crippen LogP contribution in [0.5, 0.6) is 0 Å². The first kappa shape index (κ1) is 11.9. The number of halogens is 1. The number of hydrogen-bond acceptors (Lipinski definition) is 1. The second-order valence-electron chi connectivity index (χ2n) is 5.30. The van der Waals surface area contributed by atoms with Crippen molar-refractivity contribution in [2.45, 2.75) is 38.6 Å². The molecule has 0 saturated heterocycles. The van der Waals surface area contributed by atoms with Gasteiger partial charge in [0.15, 0.2) is 0 Å². The smallest absolute Gasteiger partial charge is 0.0456 e. The van der Waals surface area contributed by atoms with Crippen LogP contribution in [-0.2, 0) is 5.54 Å². The molecule has 0 radical (unpaired) electrons. The molecule has 2 heteroatoms. The summed E-state index contributed by atoms with van der Waals surface area (Å²) in [5, 5.41) is 0.811. The molecule has 1 aromatic carbocycles. The molecule has 0 aliphatic heterocycles. The molecule has 0 amide bonds. The highest BCUT2D eigenvalue weighted by Crippen LogP contribution is 2.43. The zero-order valence-corrected chi connectivity index (χ0v) is 10.8. The van der Waals surface area contributed by atoms with Crippen molar-refractivity contribution in [3.05, 3.63) is 34.9 Å². The van der Waals surface area contributed by atoms with Gasteiger partial charge < -0.3 is 5.73 Å². The second kappa shape index (κ2) is 4.38. The van der Waals surface area contributed by atoms with E-state index >= 15 is 0 Å². The lowest BCUT2D eigenvalue weighted by atomic mass is 9.67. The monoisotopic (exact) mass is 237 g/mol. The lowest BCUT2D eigenvalue weighted by Gasteiger charge is -2.42. The van der Waals surface area contributed by atoms with E-state index in [0.29, 0.717) is 5.92 Å². The summed E-state index contributed by atoms with van der Waals surface area (Å²) in [6, 6.07) is 8.01. The molecule has 1 aliphatic carbocycles. The lowest BCUT2D eigenvalue weighted by Crippen LogP contribution is -2.46. The van der Waals surface area contributed by atoms with E-state index in [4.69, 9.17) is 17.3 Å². The lowest BCUT2D eigenvalue weighted by molar-refractivity contribution is 0.164. The standard InChI is InChI=1S/C14H20ClN/c1-10-7-8-14(16,11(2)9-10)12-5-3-4-6-13(12)15/h3-6,10-11H,7-9,16H2,1-2H3. The SMILES string of the molecule is CC1CCC(N)(c2ccccc2Cl)C(C)C1. The molecular weight excluding hydrogens is 218 g/mol. The van der Waals surface area contributed by atoms with Crippen molar-refractivity contribution in [3.63, 3.8) is 0 Å². The van der Waals surface area contributed by atoms with E-state index in [9.17, 15) is 0 Å². The number of rotatable bonds is 1. The summed E-state index contributed by atoms with van der Waals surface area (Å²) >= 11 is 6.27. The van der Waals surface area contributed by atoms with Crippen LogP contribution in [0.3, 0.4) is 0 Å². The van der Waals surface area contributed by atoms with Gasteiger partial charge in [0.1, 0.15) is 0 Å². The Balaban J connectivity index is 2.35. The molecule has 1 fully saturated rings. The maximum atomic E-state index is 6.60. The molecule has 3 unspecified atom stereocenters. The van der Waals surface area contributed by atoms with Crippen molar-refractivity contribution >= 4 is 11.6 Å². The normalized spacial score (nSPS) is 35.0. The first-order valence-corrected chi connectivity index (χ1v) is 6.45. The predicted molar refractivity (Wildman–Crippen MR) is 69.5 cm³/mol. The summed E-state index contributed by atoms with van der Waals surface area (Å²) in [5.41, 5.74) is 7.49. The Kier molecular flexibility index (Phi) is 3.27. The van der Waals surface area contributed by atoms with E-state index in [1.54, 1.807) is 0 Å². The van der Waals surface area contributed by atoms with Crippen LogP contribution in [0.4, 0.5) is 0 Å². The molecule has 88 valence electrons. The van der Waals surface area contributed by atoms with Gasteiger partial charge in [0.2, 0.25) is 0 Å². The average molecular weight is 238 g/mol. The van der Waals surface area contributed by atoms with Gasteiger partial charge in [0, 0.05) is 10.6 Å². The minimum atomic E-state index is -0.231. The maximum Gasteiger partial charge on any atom is 0.0456 e. The van der Waals surface area contributed by atoms with Crippen molar-refractivity contribution in [2.24, 2.45) is 17.6 Å². The fourth-order valence-electron chi connectivity index (χ4n) is 2.90. The van der Waals surface area contributed by atoms with Crippen LogP contribution in [0, 0.1) is 11.8 Å². The van der Waals surface area contributed by atoms with Gasteiger partial charge in [0.25, 0.3) is 0 Å². The second-order valence-corrected chi connectivity index (χ2v) is 5.71. The van der Waals surface area contributed by atoms with Crippen LogP contribution >= 0.6 is 11.6 Å². The molecule has 2 N–H and O–H groups in total. The largest absolute Gasteiger partial charge is 0.321 e. The van der Waals surface area contributed by atoms with Gasteiger partial charge in [-0.3, -0.25) is 0 Å². The van der Waals surface area contributed by atoms with Crippen molar-refractivity contribution in [1.29, 1.82) is 0 Å². The molecule has 2 rings (SSSR count). The minimum absolute atomic E-state index is 0.231. The predicted octanol–water partition coefficient (Wildman–Crippen LogP) is 3.95. The molecule has 0 spiro atoms. The molecule has 1 aliphatic rings. The Hall–Kier alpha value is -0.530. The van der Waals surface area contributed by atoms with Crippen LogP contribution in [0.15, 0.2) is 24.3 Å². The average Bonchev–Trinajstić information content (AvgIpc) is 2.25. The minimum Gasteiger partial charge on any atom is -0.321 e. The molecular formula is C14H20ClN. The Morgan fingerprint density at radius 1 is 1.31 bits per heavy atom. The Labute approximate surface area is 103 Å². The van der Waals surface area contributed by atoms with E-state index in [-0.39, 0.29) is 5.54 Å². The Bertz CT molecular complexity index is 377. The fraction of sp³-hybridized carbons (Fsp3) is 0.571. The highest BCUT2D eigenvalue weighted by Gasteiger charge is 2.39. The van der Waals surface area contributed by atoms with Gasteiger partial charge in [-0.05, 0) is 42.7 Å². The van der Waals surface area contributed by atoms with Crippen molar-refractivity contribution in [2.75, 3.05) is 0 Å². The fourth-order valence-corrected chi connectivity index (χ4v) is 3.21. The zero-order chi connectivity index (χ0) is 11.8. The number of nitrogens with two attached hydrogens (primary N) is 1. The summed E-state index contributed by atoms with van der Waals surface area (Å²) < 4.78 is 0. The third kappa shape index (κ3) is 1.99. The Morgan fingerprint density at radius 2 is 2.00 bits per heavy atom. The molecule has 16 heavy (non-hydrogen) atoms. The highest BCUT2D eigenvalue weighted by molar-refractivity contribution is 6.31. The molecule has 3 atom stereocenters. The van der Waals surface area contributed by atoms with Crippen LogP contribution in [0.25, 0.3) is 0 Å². The van der Waals surface area contributed by atoms with Gasteiger partial charge in [-0.1, -0.05) is 43.6 Å². The van der Waals surface area contributed by atoms with E-state index in [1.165, 1.54) is 12.8 Å². The first-order chi connectivity index (χ1) is 7.54. The number of benzene rings is 1. The number of hydrogen-bond donors (Lipinski definition) is 1. The molecule has 1 saturated carbocycles. The van der Waals surface area contributed by atoms with E-state index in [1.807, 2.05) is 18.2 Å². The zero-order valence-electron chi connectivity index (χ0n) is 10.0. The third-order valence-electron chi connectivity index (χ3n) is 4.06. The molecule has 1 aromatic rings. The quantitative estimate of drug-likeness (QED) is 0.787. The van der Waals surface area contributed by atoms with Crippen molar-refractivity contribution < 1.29 is 0 Å². The summed E-state index contributed by atoms with van der Waals surface area (Å²) in [6.45, 7) is 4.56. The van der Waals surface area contributed by atoms with Crippen molar-refractivity contribution in [3.8, 4) is 0 Å². The topological polar surface area (TPSA) is 26.0 Å². The summed E-state index contributed by atoms with van der Waals surface area (Å²) in [6.07, 6.45) is 3.44. The van der Waals surface area contributed by atoms with Crippen LogP contribution in [0.1, 0.15) is 38.7 Å². The van der Waals surface area contributed by atoms with Crippen LogP contribution in [-0.4, -0.2) is 0 Å². The maximum absolute atomic E-state index is 6.60. The molecule has 0 bridgehead atoms. The van der Waals surface area contributed by atoms with E-state index in [0.717, 1.165) is 22.9 Å². The van der Waals surface area contributed by atoms with Gasteiger partial charge in [-0.2, -0.15) is 0 Å². The third-order valence-corrected chi connectivity index (χ3v) is 4.39. The van der Waals surface area contributed by atoms with Gasteiger partial charge in [-0.25, -0.2) is 0 Å². The molecule has 1 nitrogen and oxygen atoms in total. The first-order valence-electron chi connectivity index (χ1n) is 6.08. The van der Waals surface area contributed by atoms with Gasteiger partial charge in [0.05, 0.1) is 0 Å². The van der Waals surface area contributed by atoms with Crippen molar-refractivity contribution in [1.82, 2.24) is 0 Å². The summed E-state index contributed by atoms with van der Waals surface area (Å²) in [4.78, 5) is 0. The summed E-state index contributed by atoms with van der Waals surface area (Å²) in [7, 11) is 0. The summed E-state index contributed by atoms with van der Waals surface area (Å²) in [5.74, 6) is 1.28. The molecule has 0 heterocycles. The van der Waals surface area contributed by atoms with E-state index in [2.05, 4.69) is 19.9 Å². The highest BCUT2D eigenvalue weighted by atomic mass is 35.5. The van der Waals surface area contributed by atoms with Crippen LogP contribution in [0.2, 0.25) is 5.02 Å². The Morgan fingerprint density at radius 3 is 2.62 bits per heavy atom. The van der Waals surface area contributed by atoms with E-state index < -0.39 is 0 Å². The van der Waals surface area contributed by atoms with Gasteiger partial charge >= 0.3 is 0 Å². The molecule has 0 aromatic heterocycles.